The molecule has 0 radical (unpaired) electrons. The van der Waals surface area contributed by atoms with E-state index < -0.39 is 0 Å². The van der Waals surface area contributed by atoms with Crippen LogP contribution in [0.3, 0.4) is 0 Å². The number of halogens is 1. The summed E-state index contributed by atoms with van der Waals surface area (Å²) < 4.78 is 5.12. The maximum absolute atomic E-state index is 11.8. The van der Waals surface area contributed by atoms with Gasteiger partial charge in [-0.3, -0.25) is 4.79 Å². The van der Waals surface area contributed by atoms with E-state index in [2.05, 4.69) is 15.8 Å². The minimum Gasteiger partial charge on any atom is -0.497 e. The van der Waals surface area contributed by atoms with Gasteiger partial charge in [0.05, 0.1) is 19.9 Å². The van der Waals surface area contributed by atoms with E-state index in [1.807, 2.05) is 43.3 Å². The van der Waals surface area contributed by atoms with Gasteiger partial charge in [0.2, 0.25) is 0 Å². The molecule has 0 fully saturated rings. The van der Waals surface area contributed by atoms with Crippen molar-refractivity contribution in [3.63, 3.8) is 0 Å². The number of methoxy groups -OCH3 is 1. The number of amides is 1. The van der Waals surface area contributed by atoms with Crippen molar-refractivity contribution in [1.82, 2.24) is 5.43 Å². The molecule has 0 saturated heterocycles. The number of nitrogens with zero attached hydrogens (tertiary/aromatic N) is 1. The van der Waals surface area contributed by atoms with Crippen molar-refractivity contribution in [2.24, 2.45) is 5.10 Å². The van der Waals surface area contributed by atoms with Crippen LogP contribution in [-0.4, -0.2) is 25.8 Å². The molecule has 23 heavy (non-hydrogen) atoms. The molecule has 0 aliphatic carbocycles. The molecule has 2 rings (SSSR count). The number of hydrogen-bond acceptors (Lipinski definition) is 4. The monoisotopic (exact) mass is 331 g/mol. The fraction of sp³-hybridized carbons (Fsp3) is 0.176. The fourth-order valence-electron chi connectivity index (χ4n) is 1.91. The lowest BCUT2D eigenvalue weighted by molar-refractivity contribution is -0.119. The standard InChI is InChI=1S/C17H18ClN3O2/c1-12-15(18)7-4-8-16(12)19-11-17(22)21-20-10-13-5-3-6-14(9-13)23-2/h3-10,19H,11H2,1-2H3,(H,21,22)/b20-10+. The number of benzene rings is 2. The van der Waals surface area contributed by atoms with E-state index >= 15 is 0 Å². The van der Waals surface area contributed by atoms with Gasteiger partial charge in [0.15, 0.2) is 0 Å². The molecule has 0 heterocycles. The zero-order valence-corrected chi connectivity index (χ0v) is 13.7. The first-order chi connectivity index (χ1) is 11.1. The molecular formula is C17H18ClN3O2. The maximum Gasteiger partial charge on any atom is 0.259 e. The lowest BCUT2D eigenvalue weighted by Gasteiger charge is -2.09. The van der Waals surface area contributed by atoms with Crippen LogP contribution in [0.25, 0.3) is 0 Å². The summed E-state index contributed by atoms with van der Waals surface area (Å²) >= 11 is 6.03. The Labute approximate surface area is 140 Å². The van der Waals surface area contributed by atoms with Gasteiger partial charge in [0, 0.05) is 10.7 Å². The van der Waals surface area contributed by atoms with Gasteiger partial charge in [0.1, 0.15) is 5.75 Å². The maximum atomic E-state index is 11.8. The van der Waals surface area contributed by atoms with Gasteiger partial charge < -0.3 is 10.1 Å². The Bertz CT molecular complexity index is 717. The van der Waals surface area contributed by atoms with Crippen LogP contribution in [-0.2, 0) is 4.79 Å². The van der Waals surface area contributed by atoms with Crippen LogP contribution < -0.4 is 15.5 Å². The van der Waals surface area contributed by atoms with Crippen LogP contribution >= 0.6 is 11.6 Å². The smallest absolute Gasteiger partial charge is 0.259 e. The first kappa shape index (κ1) is 16.8. The molecule has 120 valence electrons. The molecule has 0 bridgehead atoms. The number of carbonyl (C=O) groups excluding carboxylic acids is 1. The summed E-state index contributed by atoms with van der Waals surface area (Å²) in [6, 6.07) is 12.9. The van der Waals surface area contributed by atoms with Crippen molar-refractivity contribution in [3.05, 3.63) is 58.6 Å². The van der Waals surface area contributed by atoms with Gasteiger partial charge in [0.25, 0.3) is 5.91 Å². The Morgan fingerprint density at radius 2 is 2.09 bits per heavy atom. The van der Waals surface area contributed by atoms with Crippen molar-refractivity contribution >= 4 is 29.4 Å². The topological polar surface area (TPSA) is 62.7 Å². The third-order valence-electron chi connectivity index (χ3n) is 3.20. The predicted molar refractivity (Wildman–Crippen MR) is 93.4 cm³/mol. The average molecular weight is 332 g/mol. The quantitative estimate of drug-likeness (QED) is 0.631. The highest BCUT2D eigenvalue weighted by Gasteiger charge is 2.04. The molecule has 0 saturated carbocycles. The van der Waals surface area contributed by atoms with E-state index in [-0.39, 0.29) is 12.5 Å². The van der Waals surface area contributed by atoms with E-state index in [4.69, 9.17) is 16.3 Å². The highest BCUT2D eigenvalue weighted by atomic mass is 35.5. The number of hydrazone groups is 1. The molecule has 0 spiro atoms. The minimum absolute atomic E-state index is 0.108. The number of ether oxygens (including phenoxy) is 1. The number of nitrogens with one attached hydrogen (secondary N) is 2. The third kappa shape index (κ3) is 5.00. The van der Waals surface area contributed by atoms with Crippen LogP contribution in [0, 0.1) is 6.92 Å². The van der Waals surface area contributed by atoms with Gasteiger partial charge in [-0.05, 0) is 42.3 Å². The minimum atomic E-state index is -0.247. The van der Waals surface area contributed by atoms with Gasteiger partial charge in [-0.1, -0.05) is 29.8 Å². The summed E-state index contributed by atoms with van der Waals surface area (Å²) in [6.45, 7) is 2.00. The predicted octanol–water partition coefficient (Wildman–Crippen LogP) is 3.22. The molecule has 2 aromatic rings. The summed E-state index contributed by atoms with van der Waals surface area (Å²) in [5, 5.41) is 7.61. The van der Waals surface area contributed by atoms with Crippen LogP contribution in [0.15, 0.2) is 47.6 Å². The van der Waals surface area contributed by atoms with Crippen molar-refractivity contribution in [2.45, 2.75) is 6.92 Å². The fourth-order valence-corrected chi connectivity index (χ4v) is 2.09. The Morgan fingerprint density at radius 1 is 1.30 bits per heavy atom. The molecule has 2 aromatic carbocycles. The van der Waals surface area contributed by atoms with E-state index in [9.17, 15) is 4.79 Å². The van der Waals surface area contributed by atoms with Crippen molar-refractivity contribution < 1.29 is 9.53 Å². The van der Waals surface area contributed by atoms with Crippen molar-refractivity contribution in [2.75, 3.05) is 19.0 Å². The lowest BCUT2D eigenvalue weighted by atomic mass is 10.2. The Morgan fingerprint density at radius 3 is 2.87 bits per heavy atom. The Hall–Kier alpha value is -2.53. The number of rotatable bonds is 6. The molecule has 0 aromatic heterocycles. The van der Waals surface area contributed by atoms with Crippen LogP contribution in [0.4, 0.5) is 5.69 Å². The van der Waals surface area contributed by atoms with Crippen LogP contribution in [0.1, 0.15) is 11.1 Å². The van der Waals surface area contributed by atoms with E-state index in [1.165, 1.54) is 0 Å². The summed E-state index contributed by atoms with van der Waals surface area (Å²) in [6.07, 6.45) is 1.56. The number of carbonyl (C=O) groups is 1. The highest BCUT2D eigenvalue weighted by molar-refractivity contribution is 6.31. The first-order valence-electron chi connectivity index (χ1n) is 7.05. The van der Waals surface area contributed by atoms with Crippen molar-refractivity contribution in [3.8, 4) is 5.75 Å². The summed E-state index contributed by atoms with van der Waals surface area (Å²) in [5.41, 5.74) is 5.03. The Kier molecular flexibility index (Phi) is 6.00. The van der Waals surface area contributed by atoms with Crippen molar-refractivity contribution in [1.29, 1.82) is 0 Å². The first-order valence-corrected chi connectivity index (χ1v) is 7.43. The van der Waals surface area contributed by atoms with Gasteiger partial charge in [-0.2, -0.15) is 5.10 Å². The zero-order chi connectivity index (χ0) is 16.7. The van der Waals surface area contributed by atoms with Gasteiger partial charge in [-0.25, -0.2) is 5.43 Å². The Balaban J connectivity index is 1.85. The molecule has 1 amide bonds. The highest BCUT2D eigenvalue weighted by Crippen LogP contribution is 2.22. The number of anilines is 1. The molecular weight excluding hydrogens is 314 g/mol. The van der Waals surface area contributed by atoms with E-state index in [0.717, 1.165) is 22.6 Å². The average Bonchev–Trinajstić information content (AvgIpc) is 2.56. The van der Waals surface area contributed by atoms with E-state index in [0.29, 0.717) is 5.02 Å². The summed E-state index contributed by atoms with van der Waals surface area (Å²) in [4.78, 5) is 11.8. The molecule has 5 nitrogen and oxygen atoms in total. The molecule has 0 unspecified atom stereocenters. The van der Waals surface area contributed by atoms with Crippen LogP contribution in [0.5, 0.6) is 5.75 Å². The van der Waals surface area contributed by atoms with Crippen LogP contribution in [0.2, 0.25) is 5.02 Å². The largest absolute Gasteiger partial charge is 0.497 e. The SMILES string of the molecule is COc1cccc(/C=N/NC(=O)CNc2cccc(Cl)c2C)c1. The summed E-state index contributed by atoms with van der Waals surface area (Å²) in [5.74, 6) is 0.488. The second kappa shape index (κ2) is 8.19. The third-order valence-corrected chi connectivity index (χ3v) is 3.61. The zero-order valence-electron chi connectivity index (χ0n) is 13.0. The molecule has 2 N–H and O–H groups in total. The molecule has 0 atom stereocenters. The number of hydrogen-bond donors (Lipinski definition) is 2. The second-order valence-corrected chi connectivity index (χ2v) is 5.24. The molecule has 0 aliphatic heterocycles. The lowest BCUT2D eigenvalue weighted by Crippen LogP contribution is -2.26. The second-order valence-electron chi connectivity index (χ2n) is 4.84. The summed E-state index contributed by atoms with van der Waals surface area (Å²) in [7, 11) is 1.60. The normalized spacial score (nSPS) is 10.6. The molecule has 0 aliphatic rings. The molecule has 6 heteroatoms. The van der Waals surface area contributed by atoms with Gasteiger partial charge >= 0.3 is 0 Å². The van der Waals surface area contributed by atoms with E-state index in [1.54, 1.807) is 19.4 Å². The van der Waals surface area contributed by atoms with Gasteiger partial charge in [-0.15, -0.1) is 0 Å².